The number of hydrogen-bond donors (Lipinski definition) is 4. The highest BCUT2D eigenvalue weighted by Crippen LogP contribution is 2.19. The molecule has 0 saturated carbocycles. The number of carbonyl (C=O) groups is 2. The number of nitrogens with one attached hydrogen (secondary N) is 1. The average molecular weight is 306 g/mol. The van der Waals surface area contributed by atoms with E-state index in [1.807, 2.05) is 0 Å². The number of carboxylic acid groups (broad SMARTS) is 1. The van der Waals surface area contributed by atoms with Crippen molar-refractivity contribution in [2.45, 2.75) is 12.8 Å². The van der Waals surface area contributed by atoms with E-state index in [1.165, 1.54) is 0 Å². The zero-order valence-electron chi connectivity index (χ0n) is 12.4. The Bertz CT molecular complexity index is 554. The van der Waals surface area contributed by atoms with Gasteiger partial charge in [0.1, 0.15) is 0 Å². The summed E-state index contributed by atoms with van der Waals surface area (Å²) < 4.78 is 0. The van der Waals surface area contributed by atoms with Crippen LogP contribution in [0.25, 0.3) is 0 Å². The first kappa shape index (κ1) is 16.1. The van der Waals surface area contributed by atoms with E-state index in [1.54, 1.807) is 18.2 Å². The number of benzene rings is 1. The molecule has 0 aliphatic carbocycles. The molecule has 1 heterocycles. The van der Waals surface area contributed by atoms with Crippen LogP contribution in [0.2, 0.25) is 0 Å². The molecule has 0 spiro atoms. The Labute approximate surface area is 129 Å². The Morgan fingerprint density at radius 3 is 2.59 bits per heavy atom. The number of likely N-dealkylation sites (tertiary alicyclic amines) is 1. The summed E-state index contributed by atoms with van der Waals surface area (Å²) in [6, 6.07) is 4.94. The number of nitrogens with zero attached hydrogens (tertiary/aromatic N) is 1. The number of piperidine rings is 1. The maximum Gasteiger partial charge on any atom is 0.306 e. The molecule has 0 radical (unpaired) electrons. The van der Waals surface area contributed by atoms with E-state index < -0.39 is 11.9 Å². The van der Waals surface area contributed by atoms with Gasteiger partial charge in [0.15, 0.2) is 0 Å². The lowest BCUT2D eigenvalue weighted by Crippen LogP contribution is -2.38. The Balaban J connectivity index is 1.83. The van der Waals surface area contributed by atoms with Crippen molar-refractivity contribution in [3.05, 3.63) is 23.8 Å². The first-order chi connectivity index (χ1) is 10.5. The van der Waals surface area contributed by atoms with Gasteiger partial charge in [-0.1, -0.05) is 0 Å². The van der Waals surface area contributed by atoms with Gasteiger partial charge in [0.2, 0.25) is 0 Å². The van der Waals surface area contributed by atoms with Crippen LogP contribution in [0.5, 0.6) is 0 Å². The van der Waals surface area contributed by atoms with Crippen LogP contribution >= 0.6 is 0 Å². The minimum Gasteiger partial charge on any atom is -0.481 e. The summed E-state index contributed by atoms with van der Waals surface area (Å²) in [6.45, 7) is 2.97. The number of nitrogens with two attached hydrogens (primary N) is 2. The second kappa shape index (κ2) is 7.13. The third-order valence-electron chi connectivity index (χ3n) is 3.99. The average Bonchev–Trinajstić information content (AvgIpc) is 2.47. The van der Waals surface area contributed by atoms with Gasteiger partial charge >= 0.3 is 5.97 Å². The minimum absolute atomic E-state index is 0.223. The molecule has 0 aromatic heterocycles. The Hall–Kier alpha value is -2.28. The van der Waals surface area contributed by atoms with Gasteiger partial charge in [0, 0.05) is 24.5 Å². The normalized spacial score (nSPS) is 16.4. The second-order valence-corrected chi connectivity index (χ2v) is 5.55. The van der Waals surface area contributed by atoms with E-state index in [0.29, 0.717) is 36.3 Å². The number of rotatable bonds is 6. The smallest absolute Gasteiger partial charge is 0.306 e. The SMILES string of the molecule is NC(=O)c1ccc(N)cc1NCCN1CCC(C(=O)O)CC1. The summed E-state index contributed by atoms with van der Waals surface area (Å²) in [6.07, 6.45) is 1.36. The predicted octanol–water partition coefficient (Wildman–Crippen LogP) is 0.576. The molecule has 1 saturated heterocycles. The van der Waals surface area contributed by atoms with Crippen LogP contribution in [0, 0.1) is 5.92 Å². The van der Waals surface area contributed by atoms with Crippen molar-refractivity contribution in [2.75, 3.05) is 37.2 Å². The maximum absolute atomic E-state index is 11.4. The molecule has 7 nitrogen and oxygen atoms in total. The number of carboxylic acids is 1. The van der Waals surface area contributed by atoms with Crippen LogP contribution in [0.15, 0.2) is 18.2 Å². The molecule has 1 aliphatic heterocycles. The van der Waals surface area contributed by atoms with Crippen LogP contribution in [-0.2, 0) is 4.79 Å². The number of hydrogen-bond acceptors (Lipinski definition) is 5. The van der Waals surface area contributed by atoms with Crippen LogP contribution in [0.3, 0.4) is 0 Å². The third-order valence-corrected chi connectivity index (χ3v) is 3.99. The topological polar surface area (TPSA) is 122 Å². The first-order valence-corrected chi connectivity index (χ1v) is 7.35. The summed E-state index contributed by atoms with van der Waals surface area (Å²) in [4.78, 5) is 24.5. The lowest BCUT2D eigenvalue weighted by molar-refractivity contribution is -0.143. The van der Waals surface area contributed by atoms with Gasteiger partial charge in [-0.15, -0.1) is 0 Å². The van der Waals surface area contributed by atoms with Crippen molar-refractivity contribution in [3.63, 3.8) is 0 Å². The van der Waals surface area contributed by atoms with E-state index in [2.05, 4.69) is 10.2 Å². The van der Waals surface area contributed by atoms with Gasteiger partial charge in [0.25, 0.3) is 5.91 Å². The van der Waals surface area contributed by atoms with Gasteiger partial charge in [0.05, 0.1) is 11.5 Å². The largest absolute Gasteiger partial charge is 0.481 e. The molecule has 1 aromatic rings. The lowest BCUT2D eigenvalue weighted by Gasteiger charge is -2.30. The fourth-order valence-electron chi connectivity index (χ4n) is 2.68. The third kappa shape index (κ3) is 4.11. The molecule has 1 amide bonds. The number of anilines is 2. The minimum atomic E-state index is -0.705. The van der Waals surface area contributed by atoms with Crippen molar-refractivity contribution in [1.82, 2.24) is 4.90 Å². The summed E-state index contributed by atoms with van der Waals surface area (Å²) in [5, 5.41) is 12.1. The van der Waals surface area contributed by atoms with E-state index in [-0.39, 0.29) is 5.92 Å². The predicted molar refractivity (Wildman–Crippen MR) is 84.7 cm³/mol. The Morgan fingerprint density at radius 1 is 1.32 bits per heavy atom. The zero-order valence-corrected chi connectivity index (χ0v) is 12.4. The van der Waals surface area contributed by atoms with Crippen molar-refractivity contribution < 1.29 is 14.7 Å². The molecule has 0 atom stereocenters. The zero-order chi connectivity index (χ0) is 16.1. The van der Waals surface area contributed by atoms with E-state index >= 15 is 0 Å². The molecule has 1 aromatic carbocycles. The molecule has 7 heteroatoms. The summed E-state index contributed by atoms with van der Waals surface area (Å²) >= 11 is 0. The first-order valence-electron chi connectivity index (χ1n) is 7.35. The molecule has 6 N–H and O–H groups in total. The monoisotopic (exact) mass is 306 g/mol. The second-order valence-electron chi connectivity index (χ2n) is 5.55. The van der Waals surface area contributed by atoms with Gasteiger partial charge < -0.3 is 26.8 Å². The number of aliphatic carboxylic acids is 1. The summed E-state index contributed by atoms with van der Waals surface area (Å²) in [5.74, 6) is -1.42. The molecule has 22 heavy (non-hydrogen) atoms. The Kier molecular flexibility index (Phi) is 5.21. The highest BCUT2D eigenvalue weighted by atomic mass is 16.4. The van der Waals surface area contributed by atoms with Crippen LogP contribution in [0.1, 0.15) is 23.2 Å². The van der Waals surface area contributed by atoms with Crippen molar-refractivity contribution in [1.29, 1.82) is 0 Å². The van der Waals surface area contributed by atoms with Crippen molar-refractivity contribution >= 4 is 23.3 Å². The number of amides is 1. The van der Waals surface area contributed by atoms with Gasteiger partial charge in [-0.05, 0) is 44.1 Å². The molecule has 120 valence electrons. The molecule has 1 aliphatic rings. The standard InChI is InChI=1S/C15H22N4O3/c16-11-1-2-12(14(17)20)13(9-11)18-5-8-19-6-3-10(4-7-19)15(21)22/h1-2,9-10,18H,3-8,16H2,(H2,17,20)(H,21,22). The van der Waals surface area contributed by atoms with Crippen molar-refractivity contribution in [2.24, 2.45) is 11.7 Å². The summed E-state index contributed by atoms with van der Waals surface area (Å²) in [7, 11) is 0. The van der Waals surface area contributed by atoms with Gasteiger partial charge in [-0.25, -0.2) is 0 Å². The van der Waals surface area contributed by atoms with Gasteiger partial charge in [-0.3, -0.25) is 9.59 Å². The van der Waals surface area contributed by atoms with Crippen LogP contribution < -0.4 is 16.8 Å². The fraction of sp³-hybridized carbons (Fsp3) is 0.467. The molecule has 2 rings (SSSR count). The lowest BCUT2D eigenvalue weighted by atomic mass is 9.97. The van der Waals surface area contributed by atoms with Crippen LogP contribution in [-0.4, -0.2) is 48.1 Å². The highest BCUT2D eigenvalue weighted by molar-refractivity contribution is 5.99. The number of carbonyl (C=O) groups excluding carboxylic acids is 1. The molecule has 1 fully saturated rings. The van der Waals surface area contributed by atoms with E-state index in [0.717, 1.165) is 19.6 Å². The summed E-state index contributed by atoms with van der Waals surface area (Å²) in [5.41, 5.74) is 12.7. The van der Waals surface area contributed by atoms with Gasteiger partial charge in [-0.2, -0.15) is 0 Å². The molecular weight excluding hydrogens is 284 g/mol. The quantitative estimate of drug-likeness (QED) is 0.570. The number of primary amides is 1. The van der Waals surface area contributed by atoms with Crippen molar-refractivity contribution in [3.8, 4) is 0 Å². The van der Waals surface area contributed by atoms with Crippen LogP contribution in [0.4, 0.5) is 11.4 Å². The van der Waals surface area contributed by atoms with E-state index in [4.69, 9.17) is 16.6 Å². The molecule has 0 unspecified atom stereocenters. The Morgan fingerprint density at radius 2 is 2.00 bits per heavy atom. The highest BCUT2D eigenvalue weighted by Gasteiger charge is 2.23. The molecular formula is C15H22N4O3. The van der Waals surface area contributed by atoms with E-state index in [9.17, 15) is 9.59 Å². The fourth-order valence-corrected chi connectivity index (χ4v) is 2.68. The molecule has 0 bridgehead atoms. The number of nitrogen functional groups attached to an aromatic ring is 1. The maximum atomic E-state index is 11.4.